The molecule has 0 radical (unpaired) electrons. The van der Waals surface area contributed by atoms with Crippen LogP contribution in [-0.4, -0.2) is 21.2 Å². The van der Waals surface area contributed by atoms with Crippen molar-refractivity contribution < 1.29 is 9.15 Å². The van der Waals surface area contributed by atoms with E-state index < -0.39 is 0 Å². The maximum Gasteiger partial charge on any atom is 0.142 e. The fraction of sp³-hybridized carbons (Fsp3) is 0.333. The highest BCUT2D eigenvalue weighted by Gasteiger charge is 2.10. The van der Waals surface area contributed by atoms with Gasteiger partial charge in [-0.15, -0.1) is 0 Å². The Morgan fingerprint density at radius 3 is 2.84 bits per heavy atom. The second-order valence-electron chi connectivity index (χ2n) is 4.48. The topological polar surface area (TPSA) is 37.6 Å². The van der Waals surface area contributed by atoms with Crippen molar-refractivity contribution in [2.24, 2.45) is 0 Å². The monoisotopic (exact) mass is 260 g/mol. The Kier molecular flexibility index (Phi) is 4.47. The van der Waals surface area contributed by atoms with Gasteiger partial charge in [0.25, 0.3) is 0 Å². The number of anilines is 1. The molecule has 0 aliphatic carbocycles. The quantitative estimate of drug-likeness (QED) is 0.866. The molecular formula is C15H20N2O2. The first-order valence-electron chi connectivity index (χ1n) is 6.29. The lowest BCUT2D eigenvalue weighted by Crippen LogP contribution is -2.16. The summed E-state index contributed by atoms with van der Waals surface area (Å²) in [6.45, 7) is 1.53. The summed E-state index contributed by atoms with van der Waals surface area (Å²) in [4.78, 5) is 2.11. The molecule has 1 N–H and O–H groups in total. The zero-order valence-corrected chi connectivity index (χ0v) is 11.6. The smallest absolute Gasteiger partial charge is 0.142 e. The summed E-state index contributed by atoms with van der Waals surface area (Å²) in [5.41, 5.74) is 2.21. The van der Waals surface area contributed by atoms with Crippen LogP contribution >= 0.6 is 0 Å². The average molecular weight is 260 g/mol. The van der Waals surface area contributed by atoms with E-state index in [0.29, 0.717) is 6.54 Å². The maximum absolute atomic E-state index is 5.56. The van der Waals surface area contributed by atoms with Crippen molar-refractivity contribution in [1.82, 2.24) is 5.32 Å². The van der Waals surface area contributed by atoms with Crippen LogP contribution in [-0.2, 0) is 13.1 Å². The Bertz CT molecular complexity index is 522. The minimum absolute atomic E-state index is 0.712. The Balaban J connectivity index is 2.09. The molecule has 0 fully saturated rings. The van der Waals surface area contributed by atoms with Gasteiger partial charge >= 0.3 is 0 Å². The Labute approximate surface area is 114 Å². The first-order chi connectivity index (χ1) is 9.24. The average Bonchev–Trinajstić information content (AvgIpc) is 2.86. The van der Waals surface area contributed by atoms with Crippen LogP contribution in [0.1, 0.15) is 11.3 Å². The third kappa shape index (κ3) is 3.29. The molecule has 0 bridgehead atoms. The Hall–Kier alpha value is -1.94. The van der Waals surface area contributed by atoms with Gasteiger partial charge in [0.15, 0.2) is 0 Å². The van der Waals surface area contributed by atoms with Gasteiger partial charge in [-0.2, -0.15) is 0 Å². The van der Waals surface area contributed by atoms with Crippen LogP contribution in [0.5, 0.6) is 5.75 Å². The highest BCUT2D eigenvalue weighted by molar-refractivity contribution is 5.57. The second kappa shape index (κ2) is 6.29. The van der Waals surface area contributed by atoms with Crippen LogP contribution in [0.4, 0.5) is 5.69 Å². The van der Waals surface area contributed by atoms with Gasteiger partial charge in [-0.1, -0.05) is 12.1 Å². The third-order valence-electron chi connectivity index (χ3n) is 2.98. The van der Waals surface area contributed by atoms with E-state index in [2.05, 4.69) is 16.3 Å². The molecule has 1 aromatic carbocycles. The number of ether oxygens (including phenoxy) is 1. The zero-order chi connectivity index (χ0) is 13.7. The second-order valence-corrected chi connectivity index (χ2v) is 4.48. The van der Waals surface area contributed by atoms with Crippen molar-refractivity contribution in [2.45, 2.75) is 13.1 Å². The lowest BCUT2D eigenvalue weighted by molar-refractivity contribution is 0.414. The lowest BCUT2D eigenvalue weighted by Gasteiger charge is -2.20. The van der Waals surface area contributed by atoms with Gasteiger partial charge in [-0.05, 0) is 25.2 Å². The van der Waals surface area contributed by atoms with Gasteiger partial charge in [0.05, 0.1) is 25.6 Å². The summed E-state index contributed by atoms with van der Waals surface area (Å²) in [6.07, 6.45) is 1.79. The molecule has 0 saturated carbocycles. The molecule has 1 heterocycles. The maximum atomic E-state index is 5.56. The summed E-state index contributed by atoms with van der Waals surface area (Å²) < 4.78 is 10.9. The molecule has 0 amide bonds. The predicted molar refractivity (Wildman–Crippen MR) is 76.6 cm³/mol. The van der Waals surface area contributed by atoms with E-state index in [9.17, 15) is 0 Å². The highest BCUT2D eigenvalue weighted by atomic mass is 16.5. The van der Waals surface area contributed by atoms with Crippen LogP contribution < -0.4 is 15.0 Å². The van der Waals surface area contributed by atoms with Gasteiger partial charge in [-0.25, -0.2) is 0 Å². The van der Waals surface area contributed by atoms with Gasteiger partial charge in [0, 0.05) is 19.2 Å². The van der Waals surface area contributed by atoms with E-state index in [4.69, 9.17) is 9.15 Å². The van der Waals surface area contributed by atoms with Gasteiger partial charge < -0.3 is 19.4 Å². The molecule has 0 spiro atoms. The molecule has 19 heavy (non-hydrogen) atoms. The molecule has 0 unspecified atom stereocenters. The molecule has 0 saturated heterocycles. The van der Waals surface area contributed by atoms with Crippen molar-refractivity contribution >= 4 is 5.69 Å². The lowest BCUT2D eigenvalue weighted by atomic mass is 10.2. The number of hydrogen-bond acceptors (Lipinski definition) is 4. The minimum atomic E-state index is 0.712. The molecule has 1 aromatic heterocycles. The molecule has 0 aliphatic heterocycles. The molecule has 2 rings (SSSR count). The van der Waals surface area contributed by atoms with E-state index in [0.717, 1.165) is 29.3 Å². The Morgan fingerprint density at radius 2 is 2.11 bits per heavy atom. The molecule has 2 aromatic rings. The molecule has 4 heteroatoms. The fourth-order valence-electron chi connectivity index (χ4n) is 2.07. The van der Waals surface area contributed by atoms with Crippen molar-refractivity contribution in [3.05, 3.63) is 47.9 Å². The molecular weight excluding hydrogens is 240 g/mol. The van der Waals surface area contributed by atoms with E-state index in [1.165, 1.54) is 0 Å². The van der Waals surface area contributed by atoms with E-state index in [1.54, 1.807) is 13.4 Å². The third-order valence-corrected chi connectivity index (χ3v) is 2.98. The SMILES string of the molecule is CNCc1coc(CN(C)c2ccccc2OC)c1. The zero-order valence-electron chi connectivity index (χ0n) is 11.6. The van der Waals surface area contributed by atoms with Gasteiger partial charge in [-0.3, -0.25) is 0 Å². The summed E-state index contributed by atoms with van der Waals surface area (Å²) in [5, 5.41) is 3.11. The first-order valence-corrected chi connectivity index (χ1v) is 6.29. The number of para-hydroxylation sites is 2. The largest absolute Gasteiger partial charge is 0.495 e. The molecule has 102 valence electrons. The molecule has 4 nitrogen and oxygen atoms in total. The summed E-state index contributed by atoms with van der Waals surface area (Å²) in [6, 6.07) is 10.0. The molecule has 0 aliphatic rings. The van der Waals surface area contributed by atoms with Crippen LogP contribution in [0, 0.1) is 0 Å². The van der Waals surface area contributed by atoms with E-state index in [-0.39, 0.29) is 0 Å². The van der Waals surface area contributed by atoms with Crippen LogP contribution in [0.2, 0.25) is 0 Å². The van der Waals surface area contributed by atoms with E-state index in [1.807, 2.05) is 38.4 Å². The van der Waals surface area contributed by atoms with Crippen molar-refractivity contribution in [2.75, 3.05) is 26.1 Å². The van der Waals surface area contributed by atoms with Crippen molar-refractivity contribution in [3.8, 4) is 5.75 Å². The normalized spacial score (nSPS) is 10.5. The van der Waals surface area contributed by atoms with Crippen molar-refractivity contribution in [1.29, 1.82) is 0 Å². The Morgan fingerprint density at radius 1 is 1.32 bits per heavy atom. The predicted octanol–water partition coefficient (Wildman–Crippen LogP) is 2.64. The van der Waals surface area contributed by atoms with Crippen molar-refractivity contribution in [3.63, 3.8) is 0 Å². The van der Waals surface area contributed by atoms with Crippen LogP contribution in [0.15, 0.2) is 41.0 Å². The molecule has 0 atom stereocenters. The summed E-state index contributed by atoms with van der Waals surface area (Å²) >= 11 is 0. The number of nitrogens with one attached hydrogen (secondary N) is 1. The van der Waals surface area contributed by atoms with Gasteiger partial charge in [0.1, 0.15) is 11.5 Å². The van der Waals surface area contributed by atoms with Crippen LogP contribution in [0.25, 0.3) is 0 Å². The number of furan rings is 1. The van der Waals surface area contributed by atoms with Gasteiger partial charge in [0.2, 0.25) is 0 Å². The highest BCUT2D eigenvalue weighted by Crippen LogP contribution is 2.27. The number of methoxy groups -OCH3 is 1. The number of nitrogens with zero attached hydrogens (tertiary/aromatic N) is 1. The fourth-order valence-corrected chi connectivity index (χ4v) is 2.07. The van der Waals surface area contributed by atoms with E-state index >= 15 is 0 Å². The summed E-state index contributed by atoms with van der Waals surface area (Å²) in [5.74, 6) is 1.81. The standard InChI is InChI=1S/C15H20N2O2/c1-16-9-12-8-13(19-11-12)10-17(2)14-6-4-5-7-15(14)18-3/h4-8,11,16H,9-10H2,1-3H3. The number of benzene rings is 1. The first kappa shape index (κ1) is 13.5. The summed E-state index contributed by atoms with van der Waals surface area (Å²) in [7, 11) is 5.64. The minimum Gasteiger partial charge on any atom is -0.495 e. The van der Waals surface area contributed by atoms with Crippen LogP contribution in [0.3, 0.4) is 0 Å². The number of rotatable bonds is 6. The number of hydrogen-bond donors (Lipinski definition) is 1.